The highest BCUT2D eigenvalue weighted by Gasteiger charge is 2.18. The minimum atomic E-state index is -0.250. The van der Waals surface area contributed by atoms with E-state index < -0.39 is 0 Å². The van der Waals surface area contributed by atoms with E-state index >= 15 is 0 Å². The summed E-state index contributed by atoms with van der Waals surface area (Å²) in [6, 6.07) is 12.5. The van der Waals surface area contributed by atoms with Gasteiger partial charge < -0.3 is 24.7 Å². The van der Waals surface area contributed by atoms with E-state index in [9.17, 15) is 0 Å². The second kappa shape index (κ2) is 8.77. The number of nitrogens with one attached hydrogen (secondary N) is 2. The van der Waals surface area contributed by atoms with Crippen LogP contribution in [0.5, 0.6) is 0 Å². The van der Waals surface area contributed by atoms with Crippen LogP contribution < -0.4 is 5.32 Å². The number of ether oxygens (including phenoxy) is 1. The van der Waals surface area contributed by atoms with Gasteiger partial charge in [-0.2, -0.15) is 0 Å². The number of H-pyrrole nitrogens is 1. The van der Waals surface area contributed by atoms with Gasteiger partial charge in [-0.05, 0) is 54.7 Å². The molecule has 8 heteroatoms. The highest BCUT2D eigenvalue weighted by atomic mass is 35.5. The van der Waals surface area contributed by atoms with Crippen LogP contribution >= 0.6 is 11.6 Å². The SMILES string of the molecule is Cn1c(Nc2c[nH]c3ccc(Cl)cc23)nc2cc(C3CCOCC3)ccc21.O=CO. The number of hydrogen-bond donors (Lipinski definition) is 3. The van der Waals surface area contributed by atoms with Crippen molar-refractivity contribution in [3.8, 4) is 0 Å². The zero-order valence-corrected chi connectivity index (χ0v) is 17.3. The summed E-state index contributed by atoms with van der Waals surface area (Å²) >= 11 is 6.17. The summed E-state index contributed by atoms with van der Waals surface area (Å²) in [5, 5.41) is 12.1. The first-order valence-electron chi connectivity index (χ1n) is 9.76. The maximum Gasteiger partial charge on any atom is 0.290 e. The van der Waals surface area contributed by atoms with Crippen molar-refractivity contribution in [2.24, 2.45) is 7.05 Å². The summed E-state index contributed by atoms with van der Waals surface area (Å²) < 4.78 is 7.58. The summed E-state index contributed by atoms with van der Waals surface area (Å²) in [6.07, 6.45) is 4.12. The van der Waals surface area contributed by atoms with E-state index in [1.54, 1.807) is 0 Å². The van der Waals surface area contributed by atoms with Gasteiger partial charge in [0.2, 0.25) is 5.95 Å². The molecule has 5 rings (SSSR count). The van der Waals surface area contributed by atoms with E-state index in [1.807, 2.05) is 31.4 Å². The maximum absolute atomic E-state index is 8.36. The van der Waals surface area contributed by atoms with Crippen molar-refractivity contribution in [2.45, 2.75) is 18.8 Å². The van der Waals surface area contributed by atoms with E-state index in [1.165, 1.54) is 5.56 Å². The van der Waals surface area contributed by atoms with E-state index in [4.69, 9.17) is 31.2 Å². The quantitative estimate of drug-likeness (QED) is 0.399. The number of benzene rings is 2. The predicted molar refractivity (Wildman–Crippen MR) is 119 cm³/mol. The average Bonchev–Trinajstić information content (AvgIpc) is 3.30. The van der Waals surface area contributed by atoms with Gasteiger partial charge in [0.05, 0.1) is 16.7 Å². The number of carbonyl (C=O) groups is 1. The molecule has 3 heterocycles. The molecule has 2 aromatic carbocycles. The van der Waals surface area contributed by atoms with Crippen molar-refractivity contribution in [1.82, 2.24) is 14.5 Å². The van der Waals surface area contributed by atoms with Crippen LogP contribution in [-0.2, 0) is 16.6 Å². The lowest BCUT2D eigenvalue weighted by atomic mass is 9.91. The van der Waals surface area contributed by atoms with E-state index in [-0.39, 0.29) is 6.47 Å². The molecule has 0 saturated carbocycles. The van der Waals surface area contributed by atoms with Crippen molar-refractivity contribution < 1.29 is 14.6 Å². The number of halogens is 1. The Bertz CT molecular complexity index is 1180. The van der Waals surface area contributed by atoms with Crippen LogP contribution in [0.1, 0.15) is 24.3 Å². The van der Waals surface area contributed by atoms with Crippen LogP contribution in [0.4, 0.5) is 11.6 Å². The molecule has 156 valence electrons. The molecule has 4 aromatic rings. The molecular weight excluding hydrogens is 404 g/mol. The third-order valence-corrected chi connectivity index (χ3v) is 5.72. The van der Waals surface area contributed by atoms with Crippen LogP contribution in [0.25, 0.3) is 21.9 Å². The van der Waals surface area contributed by atoms with Gasteiger partial charge >= 0.3 is 0 Å². The molecule has 1 aliphatic heterocycles. The molecule has 0 spiro atoms. The summed E-state index contributed by atoms with van der Waals surface area (Å²) in [7, 11) is 2.04. The summed E-state index contributed by atoms with van der Waals surface area (Å²) in [4.78, 5) is 16.5. The zero-order chi connectivity index (χ0) is 21.1. The van der Waals surface area contributed by atoms with Crippen molar-refractivity contribution in [3.05, 3.63) is 53.2 Å². The molecular formula is C22H23ClN4O3. The second-order valence-corrected chi connectivity index (χ2v) is 7.69. The van der Waals surface area contributed by atoms with Gasteiger partial charge in [-0.1, -0.05) is 17.7 Å². The number of fused-ring (bicyclic) bond motifs is 2. The monoisotopic (exact) mass is 426 g/mol. The van der Waals surface area contributed by atoms with Crippen LogP contribution in [0.15, 0.2) is 42.6 Å². The maximum atomic E-state index is 8.36. The number of hydrogen-bond acceptors (Lipinski definition) is 4. The van der Waals surface area contributed by atoms with Crippen LogP contribution in [0.2, 0.25) is 5.02 Å². The highest BCUT2D eigenvalue weighted by Crippen LogP contribution is 2.32. The molecule has 0 amide bonds. The Labute approximate surface area is 178 Å². The minimum absolute atomic E-state index is 0.250. The van der Waals surface area contributed by atoms with Crippen LogP contribution in [-0.4, -0.2) is 39.3 Å². The standard InChI is InChI=1S/C21H21ClN4O.CH2O2/c1-26-20-5-2-14(13-6-8-27-9-7-13)10-18(20)24-21(26)25-19-12-23-17-4-3-15(22)11-16(17)19;2-1-3/h2-5,10-13,23H,6-9H2,1H3,(H,24,25);1H,(H,2,3). The van der Waals surface area contributed by atoms with Gasteiger partial charge in [0, 0.05) is 42.4 Å². The fourth-order valence-electron chi connectivity index (χ4n) is 3.93. The lowest BCUT2D eigenvalue weighted by Crippen LogP contribution is -2.13. The molecule has 0 unspecified atom stereocenters. The van der Waals surface area contributed by atoms with Gasteiger partial charge in [-0.25, -0.2) is 4.98 Å². The topological polar surface area (TPSA) is 92.2 Å². The van der Waals surface area contributed by atoms with Crippen molar-refractivity contribution in [2.75, 3.05) is 18.5 Å². The Morgan fingerprint density at radius 3 is 2.80 bits per heavy atom. The molecule has 1 fully saturated rings. The molecule has 0 atom stereocenters. The van der Waals surface area contributed by atoms with Crippen molar-refractivity contribution in [1.29, 1.82) is 0 Å². The third kappa shape index (κ3) is 3.99. The van der Waals surface area contributed by atoms with E-state index in [2.05, 4.69) is 33.1 Å². The number of aryl methyl sites for hydroxylation is 1. The summed E-state index contributed by atoms with van der Waals surface area (Å²) in [6.45, 7) is 1.45. The van der Waals surface area contributed by atoms with Gasteiger partial charge in [-0.3, -0.25) is 4.79 Å². The number of carboxylic acid groups (broad SMARTS) is 1. The number of imidazole rings is 1. The normalized spacial score (nSPS) is 14.5. The van der Waals surface area contributed by atoms with Crippen LogP contribution in [0.3, 0.4) is 0 Å². The molecule has 1 aliphatic rings. The van der Waals surface area contributed by atoms with Crippen molar-refractivity contribution in [3.63, 3.8) is 0 Å². The zero-order valence-electron chi connectivity index (χ0n) is 16.6. The summed E-state index contributed by atoms with van der Waals surface area (Å²) in [5.74, 6) is 1.38. The predicted octanol–water partition coefficient (Wildman–Crippen LogP) is 5.05. The highest BCUT2D eigenvalue weighted by molar-refractivity contribution is 6.31. The van der Waals surface area contributed by atoms with Gasteiger partial charge in [0.1, 0.15) is 0 Å². The van der Waals surface area contributed by atoms with Gasteiger partial charge in [0.25, 0.3) is 6.47 Å². The van der Waals surface area contributed by atoms with Gasteiger partial charge in [-0.15, -0.1) is 0 Å². The molecule has 30 heavy (non-hydrogen) atoms. The first-order valence-corrected chi connectivity index (χ1v) is 10.1. The van der Waals surface area contributed by atoms with Crippen LogP contribution in [0, 0.1) is 0 Å². The molecule has 3 N–H and O–H groups in total. The second-order valence-electron chi connectivity index (χ2n) is 7.25. The Kier molecular flexibility index (Phi) is 5.92. The minimum Gasteiger partial charge on any atom is -0.483 e. The molecule has 1 saturated heterocycles. The fraction of sp³-hybridized carbons (Fsp3) is 0.273. The number of aromatic nitrogens is 3. The number of aromatic amines is 1. The fourth-order valence-corrected chi connectivity index (χ4v) is 4.10. The first-order chi connectivity index (χ1) is 14.6. The third-order valence-electron chi connectivity index (χ3n) is 5.49. The number of nitrogens with zero attached hydrogens (tertiary/aromatic N) is 2. The largest absolute Gasteiger partial charge is 0.483 e. The molecule has 0 radical (unpaired) electrons. The smallest absolute Gasteiger partial charge is 0.290 e. The Balaban J connectivity index is 0.000000687. The van der Waals surface area contributed by atoms with Gasteiger partial charge in [0.15, 0.2) is 0 Å². The first kappa shape index (κ1) is 20.3. The van der Waals surface area contributed by atoms with E-state index in [0.29, 0.717) is 5.92 Å². The Morgan fingerprint density at radius 2 is 2.03 bits per heavy atom. The Morgan fingerprint density at radius 1 is 1.27 bits per heavy atom. The molecule has 2 aromatic heterocycles. The number of anilines is 2. The Hall–Kier alpha value is -3.03. The molecule has 7 nitrogen and oxygen atoms in total. The lowest BCUT2D eigenvalue weighted by molar-refractivity contribution is -0.122. The van der Waals surface area contributed by atoms with Crippen molar-refractivity contribution >= 4 is 51.6 Å². The molecule has 0 bridgehead atoms. The summed E-state index contributed by atoms with van der Waals surface area (Å²) in [5.41, 5.74) is 5.50. The lowest BCUT2D eigenvalue weighted by Gasteiger charge is -2.22. The average molecular weight is 427 g/mol. The number of rotatable bonds is 3. The van der Waals surface area contributed by atoms with E-state index in [0.717, 1.165) is 64.7 Å². The molecule has 0 aliphatic carbocycles.